The van der Waals surface area contributed by atoms with Crippen molar-refractivity contribution < 1.29 is 8.42 Å². The summed E-state index contributed by atoms with van der Waals surface area (Å²) in [7, 11) is -3.49. The van der Waals surface area contributed by atoms with Gasteiger partial charge in [-0.1, -0.05) is 49.7 Å². The summed E-state index contributed by atoms with van der Waals surface area (Å²) >= 11 is 0. The van der Waals surface area contributed by atoms with Gasteiger partial charge in [-0.15, -0.1) is 0 Å². The van der Waals surface area contributed by atoms with Gasteiger partial charge in [-0.2, -0.15) is 0 Å². The summed E-state index contributed by atoms with van der Waals surface area (Å²) in [5, 5.41) is 1.06. The van der Waals surface area contributed by atoms with Crippen LogP contribution in [0.25, 0.3) is 10.9 Å². The highest BCUT2D eigenvalue weighted by atomic mass is 32.2. The molecule has 1 heterocycles. The van der Waals surface area contributed by atoms with Crippen LogP contribution in [0.3, 0.4) is 0 Å². The molecule has 25 heavy (non-hydrogen) atoms. The van der Waals surface area contributed by atoms with E-state index in [4.69, 9.17) is 0 Å². The first-order valence-electron chi connectivity index (χ1n) is 8.51. The highest BCUT2D eigenvalue weighted by Gasteiger charge is 2.13. The molecule has 0 amide bonds. The molecule has 0 aliphatic carbocycles. The van der Waals surface area contributed by atoms with Crippen molar-refractivity contribution in [1.82, 2.24) is 9.71 Å². The van der Waals surface area contributed by atoms with Crippen molar-refractivity contribution in [3.8, 4) is 0 Å². The molecule has 2 aromatic carbocycles. The predicted octanol–water partition coefficient (Wildman–Crippen LogP) is 3.71. The van der Waals surface area contributed by atoms with Gasteiger partial charge in [0.15, 0.2) is 0 Å². The number of benzene rings is 2. The number of hydrogen-bond donors (Lipinski definition) is 1. The van der Waals surface area contributed by atoms with Gasteiger partial charge in [0.05, 0.1) is 10.4 Å². The third-order valence-electron chi connectivity index (χ3n) is 4.18. The molecule has 3 aromatic rings. The zero-order chi connectivity index (χ0) is 17.7. The van der Waals surface area contributed by atoms with E-state index in [1.165, 1.54) is 0 Å². The van der Waals surface area contributed by atoms with Crippen LogP contribution in [0.5, 0.6) is 0 Å². The molecule has 0 saturated heterocycles. The molecule has 0 spiro atoms. The standard InChI is InChI=1S/C20H22N2O2S/c1-2-5-16-9-11-19(12-10-16)25(23,24)22-15-13-18-7-3-6-17-8-4-14-21-20(17)18/h3-4,6-12,14,22H,2,5,13,15H2,1H3. The van der Waals surface area contributed by atoms with Gasteiger partial charge in [0.1, 0.15) is 0 Å². The van der Waals surface area contributed by atoms with E-state index in [0.29, 0.717) is 17.9 Å². The molecule has 130 valence electrons. The van der Waals surface area contributed by atoms with Gasteiger partial charge >= 0.3 is 0 Å². The molecule has 0 aliphatic heterocycles. The van der Waals surface area contributed by atoms with Crippen molar-refractivity contribution >= 4 is 20.9 Å². The Kier molecular flexibility index (Phi) is 5.46. The van der Waals surface area contributed by atoms with E-state index >= 15 is 0 Å². The topological polar surface area (TPSA) is 59.1 Å². The molecule has 0 bridgehead atoms. The predicted molar refractivity (Wildman–Crippen MR) is 101 cm³/mol. The quantitative estimate of drug-likeness (QED) is 0.704. The summed E-state index contributed by atoms with van der Waals surface area (Å²) in [4.78, 5) is 4.71. The maximum absolute atomic E-state index is 12.4. The highest BCUT2D eigenvalue weighted by molar-refractivity contribution is 7.89. The Morgan fingerprint density at radius 2 is 1.72 bits per heavy atom. The lowest BCUT2D eigenvalue weighted by molar-refractivity contribution is 0.581. The summed E-state index contributed by atoms with van der Waals surface area (Å²) in [6.45, 7) is 2.45. The van der Waals surface area contributed by atoms with Crippen molar-refractivity contribution in [2.24, 2.45) is 0 Å². The minimum Gasteiger partial charge on any atom is -0.256 e. The second kappa shape index (κ2) is 7.76. The Morgan fingerprint density at radius 3 is 2.48 bits per heavy atom. The molecule has 3 rings (SSSR count). The van der Waals surface area contributed by atoms with E-state index in [2.05, 4.69) is 16.6 Å². The number of aryl methyl sites for hydroxylation is 1. The molecule has 5 heteroatoms. The van der Waals surface area contributed by atoms with E-state index in [9.17, 15) is 8.42 Å². The maximum atomic E-state index is 12.4. The van der Waals surface area contributed by atoms with Crippen LogP contribution >= 0.6 is 0 Å². The molecule has 0 aliphatic rings. The molecule has 1 aromatic heterocycles. The molecule has 0 atom stereocenters. The SMILES string of the molecule is CCCc1ccc(S(=O)(=O)NCCc2cccc3cccnc23)cc1. The summed E-state index contributed by atoms with van der Waals surface area (Å²) in [5.74, 6) is 0. The summed E-state index contributed by atoms with van der Waals surface area (Å²) < 4.78 is 27.5. The second-order valence-corrected chi connectivity index (χ2v) is 7.80. The lowest BCUT2D eigenvalue weighted by Gasteiger charge is -2.09. The molecule has 0 unspecified atom stereocenters. The Hall–Kier alpha value is -2.24. The Morgan fingerprint density at radius 1 is 0.960 bits per heavy atom. The number of aromatic nitrogens is 1. The van der Waals surface area contributed by atoms with Crippen LogP contribution in [0.4, 0.5) is 0 Å². The van der Waals surface area contributed by atoms with Crippen molar-refractivity contribution in [1.29, 1.82) is 0 Å². The largest absolute Gasteiger partial charge is 0.256 e. The van der Waals surface area contributed by atoms with Gasteiger partial charge in [-0.05, 0) is 42.2 Å². The first kappa shape index (κ1) is 17.6. The fraction of sp³-hybridized carbons (Fsp3) is 0.250. The maximum Gasteiger partial charge on any atom is 0.240 e. The minimum absolute atomic E-state index is 0.309. The lowest BCUT2D eigenvalue weighted by Crippen LogP contribution is -2.26. The Labute approximate surface area is 149 Å². The molecular formula is C20H22N2O2S. The first-order chi connectivity index (χ1) is 12.1. The smallest absolute Gasteiger partial charge is 0.240 e. The Balaban J connectivity index is 1.68. The van der Waals surface area contributed by atoms with E-state index < -0.39 is 10.0 Å². The van der Waals surface area contributed by atoms with Crippen molar-refractivity contribution in [3.05, 3.63) is 71.9 Å². The van der Waals surface area contributed by atoms with Gasteiger partial charge in [-0.25, -0.2) is 13.1 Å². The molecule has 0 fully saturated rings. The zero-order valence-electron chi connectivity index (χ0n) is 14.3. The minimum atomic E-state index is -3.49. The zero-order valence-corrected chi connectivity index (χ0v) is 15.1. The summed E-state index contributed by atoms with van der Waals surface area (Å²) in [6.07, 6.45) is 4.36. The average molecular weight is 354 g/mol. The fourth-order valence-corrected chi connectivity index (χ4v) is 3.93. The van der Waals surface area contributed by atoms with Gasteiger partial charge < -0.3 is 0 Å². The van der Waals surface area contributed by atoms with E-state index in [-0.39, 0.29) is 0 Å². The van der Waals surface area contributed by atoms with Crippen LogP contribution in [-0.4, -0.2) is 19.9 Å². The van der Waals surface area contributed by atoms with Gasteiger partial charge in [-0.3, -0.25) is 4.98 Å². The molecular weight excluding hydrogens is 332 g/mol. The van der Waals surface area contributed by atoms with Crippen LogP contribution in [0.1, 0.15) is 24.5 Å². The van der Waals surface area contributed by atoms with Crippen LogP contribution < -0.4 is 4.72 Å². The number of fused-ring (bicyclic) bond motifs is 1. The third-order valence-corrected chi connectivity index (χ3v) is 5.65. The third kappa shape index (κ3) is 4.24. The highest BCUT2D eigenvalue weighted by Crippen LogP contribution is 2.16. The fourth-order valence-electron chi connectivity index (χ4n) is 2.90. The monoisotopic (exact) mass is 354 g/mol. The number of sulfonamides is 1. The molecule has 0 saturated carbocycles. The second-order valence-electron chi connectivity index (χ2n) is 6.03. The number of nitrogens with zero attached hydrogens (tertiary/aromatic N) is 1. The number of pyridine rings is 1. The van der Waals surface area contributed by atoms with Gasteiger partial charge in [0.25, 0.3) is 0 Å². The molecule has 1 N–H and O–H groups in total. The average Bonchev–Trinajstić information content (AvgIpc) is 2.63. The number of rotatable bonds is 7. The Bertz CT molecular complexity index is 946. The van der Waals surface area contributed by atoms with Crippen LogP contribution in [0.15, 0.2) is 65.7 Å². The van der Waals surface area contributed by atoms with Gasteiger partial charge in [0, 0.05) is 18.1 Å². The summed E-state index contributed by atoms with van der Waals surface area (Å²) in [5.41, 5.74) is 3.12. The van der Waals surface area contributed by atoms with E-state index in [1.54, 1.807) is 18.3 Å². The van der Waals surface area contributed by atoms with Crippen LogP contribution in [0.2, 0.25) is 0 Å². The number of nitrogens with one attached hydrogen (secondary N) is 1. The summed E-state index contributed by atoms with van der Waals surface area (Å²) in [6, 6.07) is 17.0. The number of hydrogen-bond acceptors (Lipinski definition) is 3. The van der Waals surface area contributed by atoms with Crippen molar-refractivity contribution in [2.75, 3.05) is 6.54 Å². The normalized spacial score (nSPS) is 11.7. The first-order valence-corrected chi connectivity index (χ1v) is 10.00. The lowest BCUT2D eigenvalue weighted by atomic mass is 10.1. The number of para-hydroxylation sites is 1. The van der Waals surface area contributed by atoms with Crippen molar-refractivity contribution in [3.63, 3.8) is 0 Å². The van der Waals surface area contributed by atoms with Crippen molar-refractivity contribution in [2.45, 2.75) is 31.1 Å². The van der Waals surface area contributed by atoms with Crippen LogP contribution in [0, 0.1) is 0 Å². The van der Waals surface area contributed by atoms with Gasteiger partial charge in [0.2, 0.25) is 10.0 Å². The van der Waals surface area contributed by atoms with Crippen LogP contribution in [-0.2, 0) is 22.9 Å². The van der Waals surface area contributed by atoms with E-state index in [1.807, 2.05) is 42.5 Å². The van der Waals surface area contributed by atoms with E-state index in [0.717, 1.165) is 34.9 Å². The molecule has 0 radical (unpaired) electrons. The molecule has 4 nitrogen and oxygen atoms in total.